The number of carbonyl (C=O) groups excluding carboxylic acids is 2. The zero-order valence-corrected chi connectivity index (χ0v) is 9.22. The van der Waals surface area contributed by atoms with Crippen molar-refractivity contribution in [3.8, 4) is 0 Å². The number of nitrogens with zero attached hydrogens (tertiary/aromatic N) is 1. The standard InChI is InChI=1S/C9H14N2O3.ClH/c12-8-5-14-6-9(13)11(8)7-1-3-10-4-2-7;/h7,10H,1-6H2;1H. The summed E-state index contributed by atoms with van der Waals surface area (Å²) in [6.45, 7) is 1.86. The Balaban J connectivity index is 0.00000112. The molecule has 86 valence electrons. The van der Waals surface area contributed by atoms with Crippen molar-refractivity contribution in [1.29, 1.82) is 0 Å². The lowest BCUT2D eigenvalue weighted by Crippen LogP contribution is -2.54. The monoisotopic (exact) mass is 234 g/mol. The first-order valence-electron chi connectivity index (χ1n) is 4.92. The predicted octanol–water partition coefficient (Wildman–Crippen LogP) is -0.454. The highest BCUT2D eigenvalue weighted by Gasteiger charge is 2.33. The highest BCUT2D eigenvalue weighted by atomic mass is 35.5. The number of halogens is 1. The van der Waals surface area contributed by atoms with Gasteiger partial charge in [-0.05, 0) is 25.9 Å². The van der Waals surface area contributed by atoms with Crippen LogP contribution in [-0.4, -0.2) is 49.1 Å². The number of nitrogens with one attached hydrogen (secondary N) is 1. The van der Waals surface area contributed by atoms with Gasteiger partial charge in [0.15, 0.2) is 0 Å². The zero-order valence-electron chi connectivity index (χ0n) is 8.40. The normalized spacial score (nSPS) is 23.9. The van der Waals surface area contributed by atoms with Crippen LogP contribution in [0.15, 0.2) is 0 Å². The number of piperidine rings is 1. The molecule has 2 fully saturated rings. The van der Waals surface area contributed by atoms with Gasteiger partial charge in [0.2, 0.25) is 0 Å². The number of hydrogen-bond acceptors (Lipinski definition) is 4. The summed E-state index contributed by atoms with van der Waals surface area (Å²) in [4.78, 5) is 24.3. The molecule has 0 atom stereocenters. The summed E-state index contributed by atoms with van der Waals surface area (Å²) in [5.41, 5.74) is 0. The van der Waals surface area contributed by atoms with Crippen molar-refractivity contribution in [2.45, 2.75) is 18.9 Å². The van der Waals surface area contributed by atoms with E-state index in [0.717, 1.165) is 25.9 Å². The summed E-state index contributed by atoms with van der Waals surface area (Å²) in [6, 6.07) is 0.0835. The lowest BCUT2D eigenvalue weighted by atomic mass is 10.0. The maximum Gasteiger partial charge on any atom is 0.255 e. The van der Waals surface area contributed by atoms with Crippen LogP contribution in [0, 0.1) is 0 Å². The average molecular weight is 235 g/mol. The van der Waals surface area contributed by atoms with Crippen molar-refractivity contribution < 1.29 is 14.3 Å². The number of carbonyl (C=O) groups is 2. The lowest BCUT2D eigenvalue weighted by molar-refractivity contribution is -0.162. The molecule has 2 rings (SSSR count). The van der Waals surface area contributed by atoms with Crippen LogP contribution < -0.4 is 5.32 Å². The number of amides is 2. The van der Waals surface area contributed by atoms with E-state index in [1.54, 1.807) is 0 Å². The van der Waals surface area contributed by atoms with Crippen molar-refractivity contribution in [1.82, 2.24) is 10.2 Å². The fourth-order valence-corrected chi connectivity index (χ4v) is 1.98. The van der Waals surface area contributed by atoms with Crippen LogP contribution in [-0.2, 0) is 14.3 Å². The highest BCUT2D eigenvalue weighted by Crippen LogP contribution is 2.14. The van der Waals surface area contributed by atoms with Crippen molar-refractivity contribution >= 4 is 24.2 Å². The first kappa shape index (κ1) is 12.4. The highest BCUT2D eigenvalue weighted by molar-refractivity contribution is 5.98. The van der Waals surface area contributed by atoms with Crippen LogP contribution in [0.1, 0.15) is 12.8 Å². The zero-order chi connectivity index (χ0) is 9.97. The molecule has 0 spiro atoms. The van der Waals surface area contributed by atoms with E-state index in [4.69, 9.17) is 4.74 Å². The molecule has 5 nitrogen and oxygen atoms in total. The molecule has 0 aromatic rings. The molecule has 2 aliphatic rings. The van der Waals surface area contributed by atoms with E-state index in [9.17, 15) is 9.59 Å². The smallest absolute Gasteiger partial charge is 0.255 e. The maximum atomic E-state index is 11.5. The van der Waals surface area contributed by atoms with Gasteiger partial charge in [0.05, 0.1) is 0 Å². The molecule has 2 amide bonds. The molecule has 0 radical (unpaired) electrons. The first-order chi connectivity index (χ1) is 6.79. The van der Waals surface area contributed by atoms with Gasteiger partial charge in [0, 0.05) is 6.04 Å². The number of rotatable bonds is 1. The first-order valence-corrected chi connectivity index (χ1v) is 4.92. The minimum absolute atomic E-state index is 0. The molecule has 0 saturated carbocycles. The molecule has 15 heavy (non-hydrogen) atoms. The topological polar surface area (TPSA) is 58.6 Å². The van der Waals surface area contributed by atoms with Gasteiger partial charge < -0.3 is 10.1 Å². The third kappa shape index (κ3) is 2.68. The Bertz CT molecular complexity index is 238. The van der Waals surface area contributed by atoms with E-state index in [1.165, 1.54) is 4.90 Å². The molecule has 2 heterocycles. The summed E-state index contributed by atoms with van der Waals surface area (Å²) in [6.07, 6.45) is 1.72. The van der Waals surface area contributed by atoms with E-state index < -0.39 is 0 Å². The van der Waals surface area contributed by atoms with Crippen LogP contribution in [0.3, 0.4) is 0 Å². The van der Waals surface area contributed by atoms with Gasteiger partial charge in [-0.15, -0.1) is 12.4 Å². The third-order valence-corrected chi connectivity index (χ3v) is 2.66. The van der Waals surface area contributed by atoms with Gasteiger partial charge in [-0.1, -0.05) is 0 Å². The molecular formula is C9H15ClN2O3. The molecule has 2 saturated heterocycles. The molecule has 0 aromatic heterocycles. The number of imide groups is 1. The number of hydrogen-bond donors (Lipinski definition) is 1. The Labute approximate surface area is 94.5 Å². The summed E-state index contributed by atoms with van der Waals surface area (Å²) < 4.78 is 4.86. The SMILES string of the molecule is Cl.O=C1COCC(=O)N1C1CCNCC1. The van der Waals surface area contributed by atoms with Crippen molar-refractivity contribution in [3.05, 3.63) is 0 Å². The minimum Gasteiger partial charge on any atom is -0.362 e. The quantitative estimate of drug-likeness (QED) is 0.625. The molecule has 0 aromatic carbocycles. The van der Waals surface area contributed by atoms with Gasteiger partial charge in [-0.25, -0.2) is 0 Å². The molecule has 0 unspecified atom stereocenters. The molecule has 1 N–H and O–H groups in total. The van der Waals surface area contributed by atoms with Gasteiger partial charge in [0.25, 0.3) is 11.8 Å². The van der Waals surface area contributed by atoms with Crippen LogP contribution >= 0.6 is 12.4 Å². The second-order valence-electron chi connectivity index (χ2n) is 3.63. The molecule has 0 aliphatic carbocycles. The van der Waals surface area contributed by atoms with Gasteiger partial charge in [-0.3, -0.25) is 14.5 Å². The van der Waals surface area contributed by atoms with Crippen LogP contribution in [0.25, 0.3) is 0 Å². The third-order valence-electron chi connectivity index (χ3n) is 2.66. The summed E-state index contributed by atoms with van der Waals surface area (Å²) in [5, 5.41) is 3.20. The van der Waals surface area contributed by atoms with E-state index in [0.29, 0.717) is 0 Å². The van der Waals surface area contributed by atoms with Gasteiger partial charge in [-0.2, -0.15) is 0 Å². The van der Waals surface area contributed by atoms with Crippen LogP contribution in [0.5, 0.6) is 0 Å². The lowest BCUT2D eigenvalue weighted by Gasteiger charge is -2.35. The van der Waals surface area contributed by atoms with E-state index >= 15 is 0 Å². The molecule has 6 heteroatoms. The van der Waals surface area contributed by atoms with Gasteiger partial charge >= 0.3 is 0 Å². The summed E-state index contributed by atoms with van der Waals surface area (Å²) in [7, 11) is 0. The van der Waals surface area contributed by atoms with Crippen molar-refractivity contribution in [3.63, 3.8) is 0 Å². The molecule has 2 aliphatic heterocycles. The number of morpholine rings is 1. The Morgan fingerprint density at radius 2 is 1.67 bits per heavy atom. The van der Waals surface area contributed by atoms with Crippen molar-refractivity contribution in [2.24, 2.45) is 0 Å². The van der Waals surface area contributed by atoms with E-state index in [1.807, 2.05) is 0 Å². The Morgan fingerprint density at radius 1 is 1.13 bits per heavy atom. The fraction of sp³-hybridized carbons (Fsp3) is 0.778. The fourth-order valence-electron chi connectivity index (χ4n) is 1.98. The van der Waals surface area contributed by atoms with Crippen LogP contribution in [0.4, 0.5) is 0 Å². The minimum atomic E-state index is -0.187. The molecule has 0 bridgehead atoms. The number of ether oxygens (including phenoxy) is 1. The summed E-state index contributed by atoms with van der Waals surface area (Å²) in [5.74, 6) is -0.374. The predicted molar refractivity (Wildman–Crippen MR) is 55.8 cm³/mol. The second kappa shape index (κ2) is 5.44. The van der Waals surface area contributed by atoms with Crippen molar-refractivity contribution in [2.75, 3.05) is 26.3 Å². The Hall–Kier alpha value is -0.650. The molecular weight excluding hydrogens is 220 g/mol. The maximum absolute atomic E-state index is 11.5. The largest absolute Gasteiger partial charge is 0.362 e. The Kier molecular flexibility index (Phi) is 4.50. The van der Waals surface area contributed by atoms with E-state index in [2.05, 4.69) is 5.32 Å². The van der Waals surface area contributed by atoms with Gasteiger partial charge in [0.1, 0.15) is 13.2 Å². The average Bonchev–Trinajstić information content (AvgIpc) is 2.19. The Morgan fingerprint density at radius 3 is 2.20 bits per heavy atom. The van der Waals surface area contributed by atoms with Crippen LogP contribution in [0.2, 0.25) is 0 Å². The van der Waals surface area contributed by atoms with E-state index in [-0.39, 0.29) is 43.5 Å². The summed E-state index contributed by atoms with van der Waals surface area (Å²) >= 11 is 0. The second-order valence-corrected chi connectivity index (χ2v) is 3.63.